The Balaban J connectivity index is 3.32. The van der Waals surface area contributed by atoms with Gasteiger partial charge in [-0.15, -0.1) is 6.42 Å². The van der Waals surface area contributed by atoms with Crippen molar-refractivity contribution in [2.75, 3.05) is 0 Å². The van der Waals surface area contributed by atoms with E-state index in [0.29, 0.717) is 6.29 Å². The van der Waals surface area contributed by atoms with Crippen molar-refractivity contribution in [2.45, 2.75) is 13.5 Å². The fourth-order valence-corrected chi connectivity index (χ4v) is 1.59. The maximum Gasteiger partial charge on any atom is 0.469 e. The quantitative estimate of drug-likeness (QED) is 0.414. The van der Waals surface area contributed by atoms with Gasteiger partial charge in [0.2, 0.25) is 0 Å². The Morgan fingerprint density at radius 2 is 2.17 bits per heavy atom. The second-order valence-corrected chi connectivity index (χ2v) is 4.55. The molecule has 1 heterocycles. The van der Waals surface area contributed by atoms with Crippen molar-refractivity contribution in [2.24, 2.45) is 0 Å². The number of pyridine rings is 1. The van der Waals surface area contributed by atoms with Crippen molar-refractivity contribution >= 4 is 14.1 Å². The zero-order valence-corrected chi connectivity index (χ0v) is 10.2. The third-order valence-corrected chi connectivity index (χ3v) is 2.59. The average molecular weight is 271 g/mol. The molecule has 0 aromatic carbocycles. The molecule has 0 aliphatic rings. The lowest BCUT2D eigenvalue weighted by Crippen LogP contribution is -2.04. The first-order chi connectivity index (χ1) is 8.30. The number of aldehydes is 1. The van der Waals surface area contributed by atoms with Gasteiger partial charge in [-0.25, -0.2) is 9.55 Å². The van der Waals surface area contributed by atoms with Crippen molar-refractivity contribution in [3.05, 3.63) is 22.5 Å². The minimum atomic E-state index is -4.71. The number of phosphoric acid groups is 1. The summed E-state index contributed by atoms with van der Waals surface area (Å²) < 4.78 is 14.9. The second-order valence-electron chi connectivity index (χ2n) is 3.31. The summed E-state index contributed by atoms with van der Waals surface area (Å²) in [6.45, 7) is 0.815. The fourth-order valence-electron chi connectivity index (χ4n) is 1.29. The number of aryl methyl sites for hydroxylation is 1. The Hall–Kier alpha value is -1.71. The van der Waals surface area contributed by atoms with E-state index in [1.165, 1.54) is 6.92 Å². The standard InChI is InChI=1S/C10H10NO6P/c1-3-9-8(5-17-18(14,15)16)7(4-12)10(13)6(2)11-9/h1,4,13H,5H2,2H3,(H2,14,15,16). The largest absolute Gasteiger partial charge is 0.505 e. The molecule has 1 aromatic rings. The Kier molecular flexibility index (Phi) is 4.22. The first-order valence-corrected chi connectivity index (χ1v) is 6.17. The van der Waals surface area contributed by atoms with Gasteiger partial charge in [0.25, 0.3) is 0 Å². The highest BCUT2D eigenvalue weighted by Crippen LogP contribution is 2.38. The number of terminal acetylenes is 1. The molecule has 0 saturated heterocycles. The molecule has 18 heavy (non-hydrogen) atoms. The third-order valence-electron chi connectivity index (χ3n) is 2.12. The smallest absolute Gasteiger partial charge is 0.469 e. The van der Waals surface area contributed by atoms with Crippen LogP contribution in [-0.4, -0.2) is 26.2 Å². The highest BCUT2D eigenvalue weighted by molar-refractivity contribution is 7.46. The first kappa shape index (κ1) is 14.4. The van der Waals surface area contributed by atoms with Gasteiger partial charge >= 0.3 is 7.82 Å². The van der Waals surface area contributed by atoms with Crippen LogP contribution in [0.1, 0.15) is 27.3 Å². The van der Waals surface area contributed by atoms with Gasteiger partial charge in [0.05, 0.1) is 17.9 Å². The summed E-state index contributed by atoms with van der Waals surface area (Å²) in [7, 11) is -4.71. The zero-order valence-electron chi connectivity index (χ0n) is 9.32. The number of nitrogens with zero attached hydrogens (tertiary/aromatic N) is 1. The maximum atomic E-state index is 10.9. The van der Waals surface area contributed by atoms with E-state index in [1.54, 1.807) is 0 Å². The van der Waals surface area contributed by atoms with Gasteiger partial charge in [0.1, 0.15) is 11.4 Å². The van der Waals surface area contributed by atoms with Gasteiger partial charge in [-0.05, 0) is 12.8 Å². The molecule has 0 atom stereocenters. The molecule has 8 heteroatoms. The SMILES string of the molecule is C#Cc1nc(C)c(O)c(C=O)c1COP(=O)(O)O. The highest BCUT2D eigenvalue weighted by Gasteiger charge is 2.20. The molecular weight excluding hydrogens is 261 g/mol. The number of aromatic hydroxyl groups is 1. The van der Waals surface area contributed by atoms with E-state index in [0.717, 1.165) is 0 Å². The summed E-state index contributed by atoms with van der Waals surface area (Å²) in [5.41, 5.74) is -0.103. The van der Waals surface area contributed by atoms with Gasteiger partial charge in [-0.2, -0.15) is 0 Å². The molecule has 0 bridgehead atoms. The summed E-state index contributed by atoms with van der Waals surface area (Å²) in [5, 5.41) is 9.62. The highest BCUT2D eigenvalue weighted by atomic mass is 31.2. The van der Waals surface area contributed by atoms with Crippen LogP contribution < -0.4 is 0 Å². The Bertz CT molecular complexity index is 571. The summed E-state index contributed by atoms with van der Waals surface area (Å²) >= 11 is 0. The zero-order chi connectivity index (χ0) is 13.9. The van der Waals surface area contributed by atoms with E-state index >= 15 is 0 Å². The van der Waals surface area contributed by atoms with E-state index in [-0.39, 0.29) is 22.5 Å². The lowest BCUT2D eigenvalue weighted by Gasteiger charge is -2.11. The van der Waals surface area contributed by atoms with Crippen molar-refractivity contribution in [3.63, 3.8) is 0 Å². The molecule has 3 N–H and O–H groups in total. The second kappa shape index (κ2) is 5.29. The number of phosphoric ester groups is 1. The number of carbonyl (C=O) groups is 1. The lowest BCUT2D eigenvalue weighted by atomic mass is 10.1. The van der Waals surface area contributed by atoms with E-state index in [1.807, 2.05) is 0 Å². The van der Waals surface area contributed by atoms with E-state index in [2.05, 4.69) is 15.4 Å². The number of hydrogen-bond donors (Lipinski definition) is 3. The predicted octanol–water partition coefficient (Wildman–Crippen LogP) is 0.499. The molecule has 7 nitrogen and oxygen atoms in total. The molecule has 96 valence electrons. The van der Waals surface area contributed by atoms with E-state index in [4.69, 9.17) is 16.2 Å². The van der Waals surface area contributed by atoms with Gasteiger partial charge in [-0.1, -0.05) is 0 Å². The normalized spacial score (nSPS) is 11.0. The molecular formula is C10H10NO6P. The van der Waals surface area contributed by atoms with E-state index < -0.39 is 20.2 Å². The molecule has 1 rings (SSSR count). The van der Waals surface area contributed by atoms with Crippen molar-refractivity contribution in [1.29, 1.82) is 0 Å². The molecule has 0 saturated carbocycles. The number of rotatable bonds is 4. The van der Waals surface area contributed by atoms with E-state index in [9.17, 15) is 14.5 Å². The maximum absolute atomic E-state index is 10.9. The van der Waals surface area contributed by atoms with Gasteiger partial charge in [-0.3, -0.25) is 9.32 Å². The molecule has 0 radical (unpaired) electrons. The summed E-state index contributed by atoms with van der Waals surface area (Å²) in [5.74, 6) is 1.77. The minimum absolute atomic E-state index is 0.0131. The van der Waals surface area contributed by atoms with Gasteiger partial charge in [0, 0.05) is 5.56 Å². The molecule has 0 unspecified atom stereocenters. The summed E-state index contributed by atoms with van der Waals surface area (Å²) in [4.78, 5) is 31.9. The topological polar surface area (TPSA) is 117 Å². The predicted molar refractivity (Wildman–Crippen MR) is 60.8 cm³/mol. The lowest BCUT2D eigenvalue weighted by molar-refractivity contribution is 0.111. The third kappa shape index (κ3) is 3.15. The Morgan fingerprint density at radius 1 is 1.56 bits per heavy atom. The number of carbonyl (C=O) groups excluding carboxylic acids is 1. The monoisotopic (exact) mass is 271 g/mol. The first-order valence-electron chi connectivity index (χ1n) is 4.64. The van der Waals surface area contributed by atoms with Crippen molar-refractivity contribution < 1.29 is 28.8 Å². The van der Waals surface area contributed by atoms with Crippen LogP contribution in [-0.2, 0) is 15.7 Å². The summed E-state index contributed by atoms with van der Waals surface area (Å²) in [6.07, 6.45) is 5.50. The molecule has 0 amide bonds. The fraction of sp³-hybridized carbons (Fsp3) is 0.200. The molecule has 0 aliphatic carbocycles. The summed E-state index contributed by atoms with van der Waals surface area (Å²) in [6, 6.07) is 0. The molecule has 1 aromatic heterocycles. The Morgan fingerprint density at radius 3 is 2.61 bits per heavy atom. The van der Waals surface area contributed by atoms with Crippen molar-refractivity contribution in [1.82, 2.24) is 4.98 Å². The average Bonchev–Trinajstić information content (AvgIpc) is 2.28. The van der Waals surface area contributed by atoms with Crippen LogP contribution in [0.5, 0.6) is 5.75 Å². The van der Waals surface area contributed by atoms with Crippen LogP contribution in [0.4, 0.5) is 0 Å². The molecule has 0 aliphatic heterocycles. The molecule has 0 spiro atoms. The van der Waals surface area contributed by atoms with Gasteiger partial charge in [0.15, 0.2) is 6.29 Å². The van der Waals surface area contributed by atoms with Crippen molar-refractivity contribution in [3.8, 4) is 18.1 Å². The molecule has 0 fully saturated rings. The Labute approximate surface area is 103 Å². The van der Waals surface area contributed by atoms with Crippen LogP contribution in [0, 0.1) is 19.3 Å². The minimum Gasteiger partial charge on any atom is -0.505 e. The van der Waals surface area contributed by atoms with Crippen LogP contribution in [0.25, 0.3) is 0 Å². The van der Waals surface area contributed by atoms with Crippen LogP contribution in [0.15, 0.2) is 0 Å². The van der Waals surface area contributed by atoms with Crippen LogP contribution >= 0.6 is 7.82 Å². The van der Waals surface area contributed by atoms with Crippen LogP contribution in [0.3, 0.4) is 0 Å². The van der Waals surface area contributed by atoms with Crippen LogP contribution in [0.2, 0.25) is 0 Å². The van der Waals surface area contributed by atoms with Gasteiger partial charge < -0.3 is 14.9 Å². The number of hydrogen-bond acceptors (Lipinski definition) is 5. The number of aromatic nitrogens is 1.